The molecule has 24 heavy (non-hydrogen) atoms. The third kappa shape index (κ3) is 3.66. The molecule has 5 heteroatoms. The second-order valence-corrected chi connectivity index (χ2v) is 6.83. The normalized spacial score (nSPS) is 19.7. The first-order chi connectivity index (χ1) is 11.5. The molecule has 0 aromatic heterocycles. The third-order valence-corrected chi connectivity index (χ3v) is 5.00. The summed E-state index contributed by atoms with van der Waals surface area (Å²) in [6.45, 7) is 3.38. The number of piperidine rings is 2. The van der Waals surface area contributed by atoms with Gasteiger partial charge < -0.3 is 4.90 Å². The van der Waals surface area contributed by atoms with Crippen LogP contribution in [0.3, 0.4) is 0 Å². The van der Waals surface area contributed by atoms with E-state index in [1.165, 1.54) is 0 Å². The van der Waals surface area contributed by atoms with Crippen LogP contribution in [0.2, 0.25) is 0 Å². The predicted molar refractivity (Wildman–Crippen MR) is 90.3 cm³/mol. The van der Waals surface area contributed by atoms with E-state index in [1.54, 1.807) is 4.90 Å². The van der Waals surface area contributed by atoms with Crippen LogP contribution in [0.5, 0.6) is 0 Å². The summed E-state index contributed by atoms with van der Waals surface area (Å²) in [6.07, 6.45) is 3.74. The number of hydrogen-bond donors (Lipinski definition) is 0. The quantitative estimate of drug-likeness (QED) is 0.800. The Bertz CT molecular complexity index is 615. The number of carbonyl (C=O) groups is 3. The Labute approximate surface area is 142 Å². The van der Waals surface area contributed by atoms with Gasteiger partial charge in [0.05, 0.1) is 0 Å². The van der Waals surface area contributed by atoms with Crippen LogP contribution in [-0.2, 0) is 14.4 Å². The summed E-state index contributed by atoms with van der Waals surface area (Å²) < 4.78 is 0. The molecule has 2 heterocycles. The van der Waals surface area contributed by atoms with Crippen LogP contribution in [0.4, 0.5) is 0 Å². The number of hydrogen-bond acceptors (Lipinski definition) is 3. The minimum atomic E-state index is -0.234. The number of imide groups is 1. The lowest BCUT2D eigenvalue weighted by Gasteiger charge is -2.33. The summed E-state index contributed by atoms with van der Waals surface area (Å²) in [5, 5.41) is 0. The van der Waals surface area contributed by atoms with Crippen molar-refractivity contribution in [1.29, 1.82) is 0 Å². The minimum Gasteiger partial charge on any atom is -0.341 e. The van der Waals surface area contributed by atoms with Crippen molar-refractivity contribution in [2.24, 2.45) is 0 Å². The Morgan fingerprint density at radius 1 is 1.00 bits per heavy atom. The van der Waals surface area contributed by atoms with E-state index in [0.29, 0.717) is 12.8 Å². The molecule has 0 atom stereocenters. The lowest BCUT2D eigenvalue weighted by atomic mass is 9.88. The summed E-state index contributed by atoms with van der Waals surface area (Å²) in [6, 6.07) is 7.96. The molecule has 3 rings (SSSR count). The predicted octanol–water partition coefficient (Wildman–Crippen LogP) is 2.24. The molecule has 2 saturated heterocycles. The van der Waals surface area contributed by atoms with E-state index in [-0.39, 0.29) is 30.2 Å². The van der Waals surface area contributed by atoms with Crippen LogP contribution in [-0.4, -0.2) is 47.2 Å². The molecule has 2 aliphatic rings. The molecule has 1 aromatic rings. The van der Waals surface area contributed by atoms with Crippen LogP contribution in [0.15, 0.2) is 24.3 Å². The van der Waals surface area contributed by atoms with E-state index in [1.807, 2.05) is 31.2 Å². The second-order valence-electron chi connectivity index (χ2n) is 6.83. The first-order valence-corrected chi connectivity index (χ1v) is 8.72. The zero-order valence-corrected chi connectivity index (χ0v) is 14.2. The second kappa shape index (κ2) is 7.16. The molecule has 0 bridgehead atoms. The molecular formula is C19H24N2O3. The van der Waals surface area contributed by atoms with Crippen molar-refractivity contribution in [3.05, 3.63) is 35.4 Å². The van der Waals surface area contributed by atoms with Crippen molar-refractivity contribution in [2.75, 3.05) is 19.6 Å². The summed E-state index contributed by atoms with van der Waals surface area (Å²) in [7, 11) is 0. The Morgan fingerprint density at radius 2 is 1.58 bits per heavy atom. The number of aryl methyl sites for hydroxylation is 1. The topological polar surface area (TPSA) is 57.7 Å². The fourth-order valence-electron chi connectivity index (χ4n) is 3.48. The van der Waals surface area contributed by atoms with E-state index < -0.39 is 0 Å². The summed E-state index contributed by atoms with van der Waals surface area (Å²) in [5.74, 6) is -0.651. The van der Waals surface area contributed by atoms with Crippen molar-refractivity contribution in [3.63, 3.8) is 0 Å². The molecule has 3 amide bonds. The fraction of sp³-hybridized carbons (Fsp3) is 0.526. The van der Waals surface area contributed by atoms with E-state index in [4.69, 9.17) is 0 Å². The summed E-state index contributed by atoms with van der Waals surface area (Å²) in [4.78, 5) is 40.1. The van der Waals surface area contributed by atoms with Gasteiger partial charge in [-0.05, 0) is 31.7 Å². The van der Waals surface area contributed by atoms with Crippen molar-refractivity contribution in [1.82, 2.24) is 9.80 Å². The third-order valence-electron chi connectivity index (χ3n) is 5.00. The maximum Gasteiger partial charge on any atom is 0.242 e. The van der Waals surface area contributed by atoms with E-state index in [9.17, 15) is 14.4 Å². The Morgan fingerprint density at radius 3 is 2.17 bits per heavy atom. The Hall–Kier alpha value is -2.17. The molecule has 0 N–H and O–H groups in total. The van der Waals surface area contributed by atoms with Crippen molar-refractivity contribution < 1.29 is 14.4 Å². The van der Waals surface area contributed by atoms with Gasteiger partial charge in [0.25, 0.3) is 0 Å². The molecule has 0 aliphatic carbocycles. The average Bonchev–Trinajstić information content (AvgIpc) is 2.59. The van der Waals surface area contributed by atoms with Gasteiger partial charge in [-0.15, -0.1) is 0 Å². The molecule has 0 unspecified atom stereocenters. The highest BCUT2D eigenvalue weighted by Gasteiger charge is 2.35. The summed E-state index contributed by atoms with van der Waals surface area (Å²) >= 11 is 0. The lowest BCUT2D eigenvalue weighted by molar-refractivity contribution is -0.153. The van der Waals surface area contributed by atoms with Crippen molar-refractivity contribution >= 4 is 17.7 Å². The zero-order valence-electron chi connectivity index (χ0n) is 14.2. The van der Waals surface area contributed by atoms with Gasteiger partial charge in [-0.2, -0.15) is 0 Å². The van der Waals surface area contributed by atoms with Crippen molar-refractivity contribution in [2.45, 2.75) is 44.9 Å². The van der Waals surface area contributed by atoms with Gasteiger partial charge in [-0.25, -0.2) is 0 Å². The average molecular weight is 328 g/mol. The molecule has 1 aromatic carbocycles. The Balaban J connectivity index is 1.63. The highest BCUT2D eigenvalue weighted by molar-refractivity contribution is 6.01. The molecule has 2 aliphatic heterocycles. The lowest BCUT2D eigenvalue weighted by Crippen LogP contribution is -2.49. The first-order valence-electron chi connectivity index (χ1n) is 8.72. The number of likely N-dealkylation sites (tertiary alicyclic amines) is 2. The molecule has 0 saturated carbocycles. The van der Waals surface area contributed by atoms with Gasteiger partial charge in [0.2, 0.25) is 17.7 Å². The maximum atomic E-state index is 12.4. The van der Waals surface area contributed by atoms with Gasteiger partial charge in [0, 0.05) is 31.8 Å². The summed E-state index contributed by atoms with van der Waals surface area (Å²) in [5.41, 5.74) is 2.17. The van der Waals surface area contributed by atoms with Gasteiger partial charge in [0.15, 0.2) is 0 Å². The van der Waals surface area contributed by atoms with E-state index >= 15 is 0 Å². The number of nitrogens with zero attached hydrogens (tertiary/aromatic N) is 2. The van der Waals surface area contributed by atoms with Gasteiger partial charge in [0.1, 0.15) is 6.54 Å². The van der Waals surface area contributed by atoms with Crippen LogP contribution >= 0.6 is 0 Å². The number of rotatable bonds is 3. The standard InChI is InChI=1S/C19H24N2O3/c1-14-5-7-15(8-6-14)16-11-17(22)21(18(23)12-16)13-19(24)20-9-3-2-4-10-20/h5-8,16H,2-4,9-13H2,1H3. The van der Waals surface area contributed by atoms with Gasteiger partial charge in [-0.3, -0.25) is 19.3 Å². The largest absolute Gasteiger partial charge is 0.341 e. The zero-order chi connectivity index (χ0) is 17.1. The SMILES string of the molecule is Cc1ccc(C2CC(=O)N(CC(=O)N3CCCCC3)C(=O)C2)cc1. The molecule has 0 spiro atoms. The highest BCUT2D eigenvalue weighted by Crippen LogP contribution is 2.29. The number of benzene rings is 1. The molecule has 5 nitrogen and oxygen atoms in total. The maximum absolute atomic E-state index is 12.4. The van der Waals surface area contributed by atoms with Crippen LogP contribution in [0.25, 0.3) is 0 Å². The van der Waals surface area contributed by atoms with Crippen molar-refractivity contribution in [3.8, 4) is 0 Å². The smallest absolute Gasteiger partial charge is 0.242 e. The minimum absolute atomic E-state index is 0.0769. The molecular weight excluding hydrogens is 304 g/mol. The van der Waals surface area contributed by atoms with E-state index in [2.05, 4.69) is 0 Å². The number of amides is 3. The first kappa shape index (κ1) is 16.7. The molecule has 0 radical (unpaired) electrons. The monoisotopic (exact) mass is 328 g/mol. The fourth-order valence-corrected chi connectivity index (χ4v) is 3.48. The van der Waals surface area contributed by atoms with E-state index in [0.717, 1.165) is 48.4 Å². The molecule has 2 fully saturated rings. The molecule has 128 valence electrons. The van der Waals surface area contributed by atoms with Crippen LogP contribution in [0, 0.1) is 6.92 Å². The van der Waals surface area contributed by atoms with Gasteiger partial charge >= 0.3 is 0 Å². The highest BCUT2D eigenvalue weighted by atomic mass is 16.2. The Kier molecular flexibility index (Phi) is 4.97. The van der Waals surface area contributed by atoms with Crippen LogP contribution < -0.4 is 0 Å². The number of carbonyl (C=O) groups excluding carboxylic acids is 3. The van der Waals surface area contributed by atoms with Gasteiger partial charge in [-0.1, -0.05) is 29.8 Å². The van der Waals surface area contributed by atoms with Crippen LogP contribution in [0.1, 0.15) is 49.1 Å².